The Morgan fingerprint density at radius 3 is 2.73 bits per heavy atom. The standard InChI is InChI=1S/C17H23N5O3S/c1-3-22-15(10-9-14(18)23)20-21-17(22)26-11-16(24)19-12-7-5-6-8-13(12)25-4-2/h5-8H,3-4,9-11H2,1-2H3,(H2,18,23)(H,19,24). The first-order chi connectivity index (χ1) is 12.5. The van der Waals surface area contributed by atoms with Crippen molar-refractivity contribution in [3.8, 4) is 5.75 Å². The molecular weight excluding hydrogens is 354 g/mol. The number of aryl methyl sites for hydroxylation is 1. The van der Waals surface area contributed by atoms with Crippen molar-refractivity contribution in [2.75, 3.05) is 17.7 Å². The second-order valence-corrected chi connectivity index (χ2v) is 6.32. The van der Waals surface area contributed by atoms with Crippen LogP contribution in [0.5, 0.6) is 5.75 Å². The third-order valence-corrected chi connectivity index (χ3v) is 4.46. The van der Waals surface area contributed by atoms with E-state index in [0.29, 0.717) is 42.0 Å². The van der Waals surface area contributed by atoms with Crippen LogP contribution < -0.4 is 15.8 Å². The molecule has 0 bridgehead atoms. The minimum absolute atomic E-state index is 0.161. The third-order valence-electron chi connectivity index (χ3n) is 3.50. The highest BCUT2D eigenvalue weighted by Gasteiger charge is 2.14. The van der Waals surface area contributed by atoms with Gasteiger partial charge in [-0.1, -0.05) is 23.9 Å². The molecule has 1 heterocycles. The molecule has 0 aliphatic rings. The van der Waals surface area contributed by atoms with Crippen molar-refractivity contribution >= 4 is 29.3 Å². The number of nitrogens with zero attached hydrogens (tertiary/aromatic N) is 3. The SMILES string of the molecule is CCOc1ccccc1NC(=O)CSc1nnc(CCC(N)=O)n1CC. The molecule has 1 aromatic heterocycles. The van der Waals surface area contributed by atoms with Crippen molar-refractivity contribution in [3.63, 3.8) is 0 Å². The predicted octanol–water partition coefficient (Wildman–Crippen LogP) is 1.85. The van der Waals surface area contributed by atoms with Crippen LogP contribution in [-0.4, -0.2) is 38.9 Å². The van der Waals surface area contributed by atoms with E-state index in [4.69, 9.17) is 10.5 Å². The Morgan fingerprint density at radius 1 is 1.27 bits per heavy atom. The third kappa shape index (κ3) is 5.48. The molecule has 0 spiro atoms. The lowest BCUT2D eigenvalue weighted by molar-refractivity contribution is -0.118. The molecule has 140 valence electrons. The number of para-hydroxylation sites is 2. The Bertz CT molecular complexity index is 763. The van der Waals surface area contributed by atoms with E-state index >= 15 is 0 Å². The Kier molecular flexibility index (Phi) is 7.46. The fraction of sp³-hybridized carbons (Fsp3) is 0.412. The number of hydrogen-bond donors (Lipinski definition) is 2. The fourth-order valence-corrected chi connectivity index (χ4v) is 3.15. The number of thioether (sulfide) groups is 1. The zero-order chi connectivity index (χ0) is 18.9. The summed E-state index contributed by atoms with van der Waals surface area (Å²) < 4.78 is 7.38. The second-order valence-electron chi connectivity index (χ2n) is 5.38. The number of ether oxygens (including phenoxy) is 1. The number of anilines is 1. The largest absolute Gasteiger partial charge is 0.492 e. The molecule has 8 nitrogen and oxygen atoms in total. The summed E-state index contributed by atoms with van der Waals surface area (Å²) in [5.74, 6) is 0.979. The highest BCUT2D eigenvalue weighted by molar-refractivity contribution is 7.99. The number of rotatable bonds is 10. The molecule has 0 radical (unpaired) electrons. The molecule has 0 unspecified atom stereocenters. The van der Waals surface area contributed by atoms with E-state index < -0.39 is 0 Å². The van der Waals surface area contributed by atoms with E-state index in [0.717, 1.165) is 0 Å². The lowest BCUT2D eigenvalue weighted by Crippen LogP contribution is -2.16. The lowest BCUT2D eigenvalue weighted by Gasteiger charge is -2.11. The highest BCUT2D eigenvalue weighted by Crippen LogP contribution is 2.24. The summed E-state index contributed by atoms with van der Waals surface area (Å²) in [7, 11) is 0. The number of aromatic nitrogens is 3. The molecule has 0 saturated heterocycles. The summed E-state index contributed by atoms with van der Waals surface area (Å²) in [5.41, 5.74) is 5.82. The van der Waals surface area contributed by atoms with Crippen LogP contribution in [0.4, 0.5) is 5.69 Å². The molecule has 26 heavy (non-hydrogen) atoms. The van der Waals surface area contributed by atoms with Gasteiger partial charge >= 0.3 is 0 Å². The van der Waals surface area contributed by atoms with Crippen LogP contribution in [0.25, 0.3) is 0 Å². The van der Waals surface area contributed by atoms with E-state index in [1.807, 2.05) is 36.6 Å². The molecule has 9 heteroatoms. The molecule has 0 aliphatic heterocycles. The number of nitrogens with two attached hydrogens (primary N) is 1. The van der Waals surface area contributed by atoms with Crippen LogP contribution in [0, 0.1) is 0 Å². The summed E-state index contributed by atoms with van der Waals surface area (Å²) in [6, 6.07) is 7.30. The van der Waals surface area contributed by atoms with E-state index in [-0.39, 0.29) is 24.0 Å². The van der Waals surface area contributed by atoms with Gasteiger partial charge in [0, 0.05) is 19.4 Å². The molecule has 3 N–H and O–H groups in total. The minimum Gasteiger partial charge on any atom is -0.492 e. The molecule has 2 amide bonds. The van der Waals surface area contributed by atoms with E-state index in [1.54, 1.807) is 6.07 Å². The Balaban J connectivity index is 1.96. The maximum absolute atomic E-state index is 12.3. The van der Waals surface area contributed by atoms with Crippen LogP contribution in [0.15, 0.2) is 29.4 Å². The quantitative estimate of drug-likeness (QED) is 0.611. The van der Waals surface area contributed by atoms with Crippen molar-refractivity contribution in [2.24, 2.45) is 5.73 Å². The van der Waals surface area contributed by atoms with Crippen molar-refractivity contribution in [1.29, 1.82) is 0 Å². The maximum atomic E-state index is 12.3. The Hall–Kier alpha value is -2.55. The van der Waals surface area contributed by atoms with E-state index in [9.17, 15) is 9.59 Å². The van der Waals surface area contributed by atoms with Crippen molar-refractivity contribution in [1.82, 2.24) is 14.8 Å². The molecule has 1 aromatic carbocycles. The van der Waals surface area contributed by atoms with Crippen LogP contribution in [0.3, 0.4) is 0 Å². The molecule has 0 aliphatic carbocycles. The summed E-state index contributed by atoms with van der Waals surface area (Å²) in [5, 5.41) is 11.7. The van der Waals surface area contributed by atoms with Gasteiger partial charge in [-0.3, -0.25) is 9.59 Å². The molecule has 2 aromatic rings. The lowest BCUT2D eigenvalue weighted by atomic mass is 10.3. The summed E-state index contributed by atoms with van der Waals surface area (Å²) in [6.45, 7) is 5.02. The van der Waals surface area contributed by atoms with Gasteiger partial charge < -0.3 is 20.4 Å². The van der Waals surface area contributed by atoms with E-state index in [2.05, 4.69) is 15.5 Å². The number of benzene rings is 1. The number of nitrogens with one attached hydrogen (secondary N) is 1. The highest BCUT2D eigenvalue weighted by atomic mass is 32.2. The Labute approximate surface area is 156 Å². The Morgan fingerprint density at radius 2 is 2.04 bits per heavy atom. The van der Waals surface area contributed by atoms with Gasteiger partial charge in [0.05, 0.1) is 18.0 Å². The van der Waals surface area contributed by atoms with E-state index in [1.165, 1.54) is 11.8 Å². The molecule has 0 fully saturated rings. The van der Waals surface area contributed by atoms with Gasteiger partial charge in [0.15, 0.2) is 5.16 Å². The van der Waals surface area contributed by atoms with Crippen molar-refractivity contribution < 1.29 is 14.3 Å². The van der Waals surface area contributed by atoms with Gasteiger partial charge in [-0.15, -0.1) is 10.2 Å². The molecule has 2 rings (SSSR count). The average molecular weight is 377 g/mol. The first kappa shape index (κ1) is 19.8. The van der Waals surface area contributed by atoms with Gasteiger partial charge in [-0.05, 0) is 26.0 Å². The number of primary amides is 1. The summed E-state index contributed by atoms with van der Waals surface area (Å²) in [4.78, 5) is 23.2. The zero-order valence-corrected chi connectivity index (χ0v) is 15.7. The number of carbonyl (C=O) groups is 2. The minimum atomic E-state index is -0.378. The van der Waals surface area contributed by atoms with Crippen LogP contribution in [-0.2, 0) is 22.6 Å². The second kappa shape index (κ2) is 9.81. The zero-order valence-electron chi connectivity index (χ0n) is 14.9. The molecule has 0 atom stereocenters. The average Bonchev–Trinajstić information content (AvgIpc) is 3.02. The smallest absolute Gasteiger partial charge is 0.234 e. The normalized spacial score (nSPS) is 10.5. The first-order valence-corrected chi connectivity index (χ1v) is 9.38. The van der Waals surface area contributed by atoms with Crippen LogP contribution in [0.1, 0.15) is 26.1 Å². The monoisotopic (exact) mass is 377 g/mol. The number of hydrogen-bond acceptors (Lipinski definition) is 6. The van der Waals surface area contributed by atoms with Crippen LogP contribution >= 0.6 is 11.8 Å². The van der Waals surface area contributed by atoms with Crippen molar-refractivity contribution in [3.05, 3.63) is 30.1 Å². The number of amides is 2. The van der Waals surface area contributed by atoms with Gasteiger partial charge in [-0.25, -0.2) is 0 Å². The first-order valence-electron chi connectivity index (χ1n) is 8.40. The predicted molar refractivity (Wildman–Crippen MR) is 100 cm³/mol. The maximum Gasteiger partial charge on any atom is 0.234 e. The van der Waals surface area contributed by atoms with Crippen LogP contribution in [0.2, 0.25) is 0 Å². The van der Waals surface area contributed by atoms with Gasteiger partial charge in [0.25, 0.3) is 0 Å². The van der Waals surface area contributed by atoms with Gasteiger partial charge in [0.1, 0.15) is 11.6 Å². The molecular formula is C17H23N5O3S. The molecule has 0 saturated carbocycles. The van der Waals surface area contributed by atoms with Gasteiger partial charge in [0.2, 0.25) is 11.8 Å². The topological polar surface area (TPSA) is 112 Å². The number of carbonyl (C=O) groups excluding carboxylic acids is 2. The summed E-state index contributed by atoms with van der Waals surface area (Å²) >= 11 is 1.29. The summed E-state index contributed by atoms with van der Waals surface area (Å²) in [6.07, 6.45) is 0.655. The van der Waals surface area contributed by atoms with Gasteiger partial charge in [-0.2, -0.15) is 0 Å². The van der Waals surface area contributed by atoms with Crippen molar-refractivity contribution in [2.45, 2.75) is 38.4 Å². The fourth-order valence-electron chi connectivity index (χ4n) is 2.33.